The molecule has 1 aromatic carbocycles. The summed E-state index contributed by atoms with van der Waals surface area (Å²) in [6.07, 6.45) is 5.31. The summed E-state index contributed by atoms with van der Waals surface area (Å²) < 4.78 is 17.0. The lowest BCUT2D eigenvalue weighted by Crippen LogP contribution is -2.51. The van der Waals surface area contributed by atoms with Gasteiger partial charge in [-0.2, -0.15) is 10.2 Å². The first kappa shape index (κ1) is 33.1. The Balaban J connectivity index is 1.27. The minimum Gasteiger partial charge on any atom is -0.494 e. The van der Waals surface area contributed by atoms with E-state index >= 15 is 0 Å². The van der Waals surface area contributed by atoms with Crippen LogP contribution in [0.15, 0.2) is 22.7 Å². The third-order valence-electron chi connectivity index (χ3n) is 8.27. The number of carbonyl (C=O) groups is 2. The van der Waals surface area contributed by atoms with Crippen LogP contribution in [-0.4, -0.2) is 71.0 Å². The van der Waals surface area contributed by atoms with E-state index in [1.54, 1.807) is 25.7 Å². The van der Waals surface area contributed by atoms with Crippen molar-refractivity contribution in [1.29, 1.82) is 5.26 Å². The molecule has 2 saturated heterocycles. The first-order valence-electron chi connectivity index (χ1n) is 15.9. The quantitative estimate of drug-likeness (QED) is 0.327. The van der Waals surface area contributed by atoms with Crippen LogP contribution in [-0.2, 0) is 16.0 Å². The van der Waals surface area contributed by atoms with Crippen LogP contribution in [0.4, 0.5) is 10.8 Å². The van der Waals surface area contributed by atoms with Crippen LogP contribution in [0.5, 0.6) is 5.75 Å². The third kappa shape index (κ3) is 9.10. The highest BCUT2D eigenvalue weighted by Crippen LogP contribution is 2.27. The number of alkyl carbamates (subject to hydrolysis) is 1. The lowest BCUT2D eigenvalue weighted by molar-refractivity contribution is -0.133. The molecule has 1 N–H and O–H groups in total. The zero-order chi connectivity index (χ0) is 31.9. The van der Waals surface area contributed by atoms with Crippen LogP contribution in [0.25, 0.3) is 0 Å². The number of carbonyl (C=O) groups excluding carboxylic acids is 2. The number of piperidine rings is 1. The van der Waals surface area contributed by atoms with Gasteiger partial charge in [0.2, 0.25) is 5.91 Å². The van der Waals surface area contributed by atoms with Crippen molar-refractivity contribution in [2.75, 3.05) is 31.1 Å². The second-order valence-electron chi connectivity index (χ2n) is 13.3. The number of nitrogens with zero attached hydrogens (tertiary/aromatic N) is 5. The Kier molecular flexibility index (Phi) is 11.1. The zero-order valence-corrected chi connectivity index (χ0v) is 27.1. The Morgan fingerprint density at radius 3 is 2.57 bits per heavy atom. The van der Waals surface area contributed by atoms with Gasteiger partial charge in [0.25, 0.3) is 0 Å². The van der Waals surface area contributed by atoms with Gasteiger partial charge in [-0.25, -0.2) is 4.79 Å². The Bertz CT molecular complexity index is 1300. The lowest BCUT2D eigenvalue weighted by atomic mass is 9.92. The molecule has 0 saturated carbocycles. The second kappa shape index (κ2) is 14.8. The molecule has 44 heavy (non-hydrogen) atoms. The van der Waals surface area contributed by atoms with E-state index in [0.717, 1.165) is 67.9 Å². The smallest absolute Gasteiger partial charge is 0.408 e. The maximum Gasteiger partial charge on any atom is 0.408 e. The van der Waals surface area contributed by atoms with Crippen LogP contribution < -0.4 is 15.0 Å². The molecule has 3 heterocycles. The fraction of sp³-hybridized carbons (Fsp3) is 0.667. The first-order valence-corrected chi connectivity index (χ1v) is 15.9. The van der Waals surface area contributed by atoms with Gasteiger partial charge in [-0.1, -0.05) is 25.1 Å². The molecule has 2 aliphatic heterocycles. The number of benzene rings is 1. The average Bonchev–Trinajstić information content (AvgIpc) is 3.66. The van der Waals surface area contributed by atoms with Gasteiger partial charge in [0.1, 0.15) is 23.4 Å². The van der Waals surface area contributed by atoms with Gasteiger partial charge >= 0.3 is 12.1 Å². The second-order valence-corrected chi connectivity index (χ2v) is 13.3. The minimum absolute atomic E-state index is 0.255. The van der Waals surface area contributed by atoms with Crippen molar-refractivity contribution in [3.05, 3.63) is 35.2 Å². The van der Waals surface area contributed by atoms with E-state index in [1.807, 2.05) is 25.1 Å². The fourth-order valence-corrected chi connectivity index (χ4v) is 5.79. The summed E-state index contributed by atoms with van der Waals surface area (Å²) in [4.78, 5) is 34.4. The van der Waals surface area contributed by atoms with Gasteiger partial charge in [0, 0.05) is 32.0 Å². The van der Waals surface area contributed by atoms with Crippen LogP contribution >= 0.6 is 0 Å². The molecule has 2 aliphatic rings. The summed E-state index contributed by atoms with van der Waals surface area (Å²) in [6.45, 7) is 14.4. The number of rotatable bonds is 11. The van der Waals surface area contributed by atoms with Gasteiger partial charge in [-0.3, -0.25) is 4.79 Å². The van der Waals surface area contributed by atoms with Crippen LogP contribution in [0.1, 0.15) is 96.0 Å². The number of aromatic nitrogens is 2. The Hall–Kier alpha value is -3.81. The summed E-state index contributed by atoms with van der Waals surface area (Å²) in [7, 11) is 0. The van der Waals surface area contributed by atoms with Gasteiger partial charge < -0.3 is 29.1 Å². The van der Waals surface area contributed by atoms with E-state index in [9.17, 15) is 14.9 Å². The summed E-state index contributed by atoms with van der Waals surface area (Å²) in [5.41, 5.74) is 1.20. The van der Waals surface area contributed by atoms with Crippen molar-refractivity contribution in [2.24, 2.45) is 5.92 Å². The van der Waals surface area contributed by atoms with Crippen molar-refractivity contribution in [3.63, 3.8) is 0 Å². The average molecular weight is 609 g/mol. The molecule has 2 fully saturated rings. The molecule has 11 heteroatoms. The standard InChI is InChI=1S/C33H48N6O5/c1-22(2)29-36-31(44-37-29)38-16-13-24(14-17-38)9-8-18-42-27-12-11-25(23(3)19-27)20-28(35-32(41)43-33(4,5)6)30(40)39-15-7-10-26(39)21-34/h11-12,19,22,24,26,28H,7-10,13-18,20H2,1-6H3,(H,35,41)/t26?,28-/m0/s1. The normalized spacial score (nSPS) is 18.3. The summed E-state index contributed by atoms with van der Waals surface area (Å²) in [6, 6.07) is 7.38. The van der Waals surface area contributed by atoms with E-state index < -0.39 is 23.8 Å². The van der Waals surface area contributed by atoms with Crippen LogP contribution in [0, 0.1) is 24.2 Å². The minimum atomic E-state index is -0.840. The molecule has 2 aromatic rings. The molecule has 0 bridgehead atoms. The van der Waals surface area contributed by atoms with E-state index in [0.29, 0.717) is 37.9 Å². The number of nitrogens with one attached hydrogen (secondary N) is 1. The van der Waals surface area contributed by atoms with Gasteiger partial charge in [-0.15, -0.1) is 0 Å². The van der Waals surface area contributed by atoms with Crippen LogP contribution in [0.3, 0.4) is 0 Å². The molecule has 0 radical (unpaired) electrons. The molecule has 1 unspecified atom stereocenters. The summed E-state index contributed by atoms with van der Waals surface area (Å²) in [5, 5.41) is 16.4. The molecule has 240 valence electrons. The van der Waals surface area contributed by atoms with Gasteiger partial charge in [-0.05, 0) is 95.4 Å². The Morgan fingerprint density at radius 1 is 1.18 bits per heavy atom. The number of ether oxygens (including phenoxy) is 2. The number of nitriles is 1. The van der Waals surface area contributed by atoms with Crippen molar-refractivity contribution in [2.45, 2.75) is 110 Å². The van der Waals surface area contributed by atoms with Crippen molar-refractivity contribution >= 4 is 18.0 Å². The number of amides is 2. The first-order chi connectivity index (χ1) is 20.9. The predicted molar refractivity (Wildman–Crippen MR) is 166 cm³/mol. The molecule has 0 spiro atoms. The zero-order valence-electron chi connectivity index (χ0n) is 27.1. The molecule has 4 rings (SSSR count). The predicted octanol–water partition coefficient (Wildman–Crippen LogP) is 5.53. The van der Waals surface area contributed by atoms with Gasteiger partial charge in [0.15, 0.2) is 5.82 Å². The molecule has 0 aliphatic carbocycles. The third-order valence-corrected chi connectivity index (χ3v) is 8.27. The SMILES string of the molecule is Cc1cc(OCCCC2CCN(c3nc(C(C)C)no3)CC2)ccc1C[C@H](NC(=O)OC(C)(C)C)C(=O)N1CCCC1C#N. The topological polar surface area (TPSA) is 134 Å². The highest BCUT2D eigenvalue weighted by Gasteiger charge is 2.35. The Labute approximate surface area is 261 Å². The number of hydrogen-bond donors (Lipinski definition) is 1. The molecular weight excluding hydrogens is 560 g/mol. The number of likely N-dealkylation sites (tertiary alicyclic amines) is 1. The highest BCUT2D eigenvalue weighted by atomic mass is 16.6. The fourth-order valence-electron chi connectivity index (χ4n) is 5.79. The van der Waals surface area contributed by atoms with E-state index in [2.05, 4.69) is 40.3 Å². The highest BCUT2D eigenvalue weighted by molar-refractivity contribution is 5.86. The van der Waals surface area contributed by atoms with Crippen molar-refractivity contribution < 1.29 is 23.6 Å². The molecule has 2 atom stereocenters. The largest absolute Gasteiger partial charge is 0.494 e. The summed E-state index contributed by atoms with van der Waals surface area (Å²) in [5.74, 6) is 2.18. The monoisotopic (exact) mass is 608 g/mol. The van der Waals surface area contributed by atoms with Crippen LogP contribution in [0.2, 0.25) is 0 Å². The van der Waals surface area contributed by atoms with E-state index in [-0.39, 0.29) is 11.8 Å². The number of anilines is 1. The lowest BCUT2D eigenvalue weighted by Gasteiger charge is -2.30. The van der Waals surface area contributed by atoms with E-state index in [1.165, 1.54) is 0 Å². The number of aryl methyl sites for hydroxylation is 1. The molecule has 11 nitrogen and oxygen atoms in total. The Morgan fingerprint density at radius 2 is 1.93 bits per heavy atom. The molecular formula is C33H48N6O5. The molecule has 2 amide bonds. The maximum absolute atomic E-state index is 13.5. The number of hydrogen-bond acceptors (Lipinski definition) is 9. The van der Waals surface area contributed by atoms with Crippen molar-refractivity contribution in [1.82, 2.24) is 20.4 Å². The van der Waals surface area contributed by atoms with Gasteiger partial charge in [0.05, 0.1) is 12.7 Å². The molecule has 1 aromatic heterocycles. The van der Waals surface area contributed by atoms with E-state index in [4.69, 9.17) is 14.0 Å². The van der Waals surface area contributed by atoms with Crippen molar-refractivity contribution in [3.8, 4) is 11.8 Å². The maximum atomic E-state index is 13.5. The summed E-state index contributed by atoms with van der Waals surface area (Å²) >= 11 is 0.